The third-order valence-corrected chi connectivity index (χ3v) is 4.85. The highest BCUT2D eigenvalue weighted by atomic mass is 16.5. The van der Waals surface area contributed by atoms with Crippen molar-refractivity contribution in [3.05, 3.63) is 52.5 Å². The van der Waals surface area contributed by atoms with Crippen molar-refractivity contribution in [1.29, 1.82) is 0 Å². The van der Waals surface area contributed by atoms with Gasteiger partial charge in [-0.2, -0.15) is 0 Å². The number of benzene rings is 1. The SMILES string of the molecule is Cc1oc(C)c(C(=O)N(C)Cc2ccc(N3CCOCC3)cc2)c1C. The minimum Gasteiger partial charge on any atom is -0.466 e. The molecule has 3 rings (SSSR count). The Labute approximate surface area is 149 Å². The van der Waals surface area contributed by atoms with Crippen LogP contribution < -0.4 is 4.90 Å². The van der Waals surface area contributed by atoms with Gasteiger partial charge >= 0.3 is 0 Å². The van der Waals surface area contributed by atoms with E-state index in [4.69, 9.17) is 9.15 Å². The van der Waals surface area contributed by atoms with Crippen molar-refractivity contribution < 1.29 is 13.9 Å². The zero-order valence-electron chi connectivity index (χ0n) is 15.5. The van der Waals surface area contributed by atoms with E-state index in [0.717, 1.165) is 43.2 Å². The molecular formula is C20H26N2O3. The Morgan fingerprint density at radius 3 is 2.28 bits per heavy atom. The van der Waals surface area contributed by atoms with Crippen LogP contribution in [0.25, 0.3) is 0 Å². The lowest BCUT2D eigenvalue weighted by Crippen LogP contribution is -2.36. The molecule has 5 heteroatoms. The highest BCUT2D eigenvalue weighted by Gasteiger charge is 2.21. The lowest BCUT2D eigenvalue weighted by molar-refractivity contribution is 0.0782. The second-order valence-corrected chi connectivity index (χ2v) is 6.64. The maximum Gasteiger partial charge on any atom is 0.257 e. The molecule has 1 saturated heterocycles. The molecule has 0 radical (unpaired) electrons. The molecule has 0 N–H and O–H groups in total. The van der Waals surface area contributed by atoms with Gasteiger partial charge in [0.2, 0.25) is 0 Å². The number of aryl methyl sites for hydroxylation is 2. The summed E-state index contributed by atoms with van der Waals surface area (Å²) in [5, 5.41) is 0. The van der Waals surface area contributed by atoms with E-state index in [-0.39, 0.29) is 5.91 Å². The molecule has 0 atom stereocenters. The molecule has 2 aromatic rings. The van der Waals surface area contributed by atoms with Crippen LogP contribution in [-0.2, 0) is 11.3 Å². The number of furan rings is 1. The number of rotatable bonds is 4. The van der Waals surface area contributed by atoms with Crippen molar-refractivity contribution in [1.82, 2.24) is 4.90 Å². The van der Waals surface area contributed by atoms with Crippen LogP contribution in [0.15, 0.2) is 28.7 Å². The van der Waals surface area contributed by atoms with Gasteiger partial charge in [0.25, 0.3) is 5.91 Å². The molecule has 1 aromatic heterocycles. The monoisotopic (exact) mass is 342 g/mol. The van der Waals surface area contributed by atoms with E-state index >= 15 is 0 Å². The zero-order valence-corrected chi connectivity index (χ0v) is 15.5. The van der Waals surface area contributed by atoms with Gasteiger partial charge < -0.3 is 19.0 Å². The van der Waals surface area contributed by atoms with E-state index in [9.17, 15) is 4.79 Å². The minimum atomic E-state index is 0.00380. The summed E-state index contributed by atoms with van der Waals surface area (Å²) in [5.74, 6) is 1.50. The normalized spacial score (nSPS) is 14.6. The van der Waals surface area contributed by atoms with Gasteiger partial charge in [-0.3, -0.25) is 4.79 Å². The molecule has 1 amide bonds. The van der Waals surface area contributed by atoms with Crippen LogP contribution in [0, 0.1) is 20.8 Å². The molecule has 134 valence electrons. The quantitative estimate of drug-likeness (QED) is 0.855. The number of hydrogen-bond donors (Lipinski definition) is 0. The fraction of sp³-hybridized carbons (Fsp3) is 0.450. The molecule has 5 nitrogen and oxygen atoms in total. The number of amides is 1. The summed E-state index contributed by atoms with van der Waals surface area (Å²) in [6.45, 7) is 9.66. The van der Waals surface area contributed by atoms with Gasteiger partial charge in [-0.05, 0) is 38.5 Å². The maximum absolute atomic E-state index is 12.8. The molecule has 1 aliphatic heterocycles. The second kappa shape index (κ2) is 7.31. The van der Waals surface area contributed by atoms with E-state index in [1.165, 1.54) is 5.69 Å². The third kappa shape index (κ3) is 3.71. The van der Waals surface area contributed by atoms with Crippen molar-refractivity contribution in [2.24, 2.45) is 0 Å². The predicted molar refractivity (Wildman–Crippen MR) is 98.2 cm³/mol. The van der Waals surface area contributed by atoms with Gasteiger partial charge in [0.15, 0.2) is 0 Å². The highest BCUT2D eigenvalue weighted by Crippen LogP contribution is 2.23. The predicted octanol–water partition coefficient (Wildman–Crippen LogP) is 3.31. The number of hydrogen-bond acceptors (Lipinski definition) is 4. The van der Waals surface area contributed by atoms with E-state index in [2.05, 4.69) is 29.2 Å². The van der Waals surface area contributed by atoms with Crippen LogP contribution in [0.4, 0.5) is 5.69 Å². The van der Waals surface area contributed by atoms with E-state index in [0.29, 0.717) is 17.9 Å². The van der Waals surface area contributed by atoms with Gasteiger partial charge in [0, 0.05) is 37.9 Å². The number of carbonyl (C=O) groups excluding carboxylic acids is 1. The van der Waals surface area contributed by atoms with Crippen molar-refractivity contribution in [3.63, 3.8) is 0 Å². The molecule has 1 aliphatic rings. The maximum atomic E-state index is 12.8. The van der Waals surface area contributed by atoms with Crippen molar-refractivity contribution >= 4 is 11.6 Å². The molecule has 0 aliphatic carbocycles. The van der Waals surface area contributed by atoms with Crippen LogP contribution in [0.2, 0.25) is 0 Å². The van der Waals surface area contributed by atoms with Crippen molar-refractivity contribution in [3.8, 4) is 0 Å². The summed E-state index contributed by atoms with van der Waals surface area (Å²) in [7, 11) is 1.83. The summed E-state index contributed by atoms with van der Waals surface area (Å²) >= 11 is 0. The fourth-order valence-corrected chi connectivity index (χ4v) is 3.28. The van der Waals surface area contributed by atoms with Crippen LogP contribution in [0.5, 0.6) is 0 Å². The van der Waals surface area contributed by atoms with E-state index in [1.54, 1.807) is 4.90 Å². The first-order valence-corrected chi connectivity index (χ1v) is 8.71. The standard InChI is InChI=1S/C20H26N2O3/c1-14-15(2)25-16(3)19(14)20(23)21(4)13-17-5-7-18(8-6-17)22-9-11-24-12-10-22/h5-8H,9-13H2,1-4H3. The first-order chi connectivity index (χ1) is 12.0. The number of anilines is 1. The summed E-state index contributed by atoms with van der Waals surface area (Å²) in [6.07, 6.45) is 0. The van der Waals surface area contributed by atoms with Gasteiger partial charge in [0.1, 0.15) is 11.5 Å². The smallest absolute Gasteiger partial charge is 0.257 e. The Bertz CT molecular complexity index is 743. The molecule has 0 unspecified atom stereocenters. The van der Waals surface area contributed by atoms with Gasteiger partial charge in [0.05, 0.1) is 18.8 Å². The molecule has 0 spiro atoms. The summed E-state index contributed by atoms with van der Waals surface area (Å²) < 4.78 is 11.0. The molecule has 1 fully saturated rings. The number of morpholine rings is 1. The van der Waals surface area contributed by atoms with E-state index in [1.807, 2.05) is 27.8 Å². The van der Waals surface area contributed by atoms with Crippen LogP contribution >= 0.6 is 0 Å². The summed E-state index contributed by atoms with van der Waals surface area (Å²) in [4.78, 5) is 16.8. The topological polar surface area (TPSA) is 45.9 Å². The number of ether oxygens (including phenoxy) is 1. The lowest BCUT2D eigenvalue weighted by atomic mass is 10.1. The summed E-state index contributed by atoms with van der Waals surface area (Å²) in [5.41, 5.74) is 3.93. The summed E-state index contributed by atoms with van der Waals surface area (Å²) in [6, 6.07) is 8.43. The Morgan fingerprint density at radius 2 is 1.72 bits per heavy atom. The molecule has 1 aromatic carbocycles. The van der Waals surface area contributed by atoms with Crippen molar-refractivity contribution in [2.75, 3.05) is 38.3 Å². The number of nitrogens with zero attached hydrogens (tertiary/aromatic N) is 2. The lowest BCUT2D eigenvalue weighted by Gasteiger charge is -2.29. The van der Waals surface area contributed by atoms with Crippen LogP contribution in [0.3, 0.4) is 0 Å². The molecule has 25 heavy (non-hydrogen) atoms. The first kappa shape index (κ1) is 17.5. The molecule has 0 saturated carbocycles. The number of carbonyl (C=O) groups is 1. The fourth-order valence-electron chi connectivity index (χ4n) is 3.28. The Kier molecular flexibility index (Phi) is 5.13. The highest BCUT2D eigenvalue weighted by molar-refractivity contribution is 5.96. The van der Waals surface area contributed by atoms with Crippen LogP contribution in [0.1, 0.15) is 33.0 Å². The van der Waals surface area contributed by atoms with Crippen molar-refractivity contribution in [2.45, 2.75) is 27.3 Å². The Balaban J connectivity index is 1.68. The molecule has 0 bridgehead atoms. The largest absolute Gasteiger partial charge is 0.466 e. The second-order valence-electron chi connectivity index (χ2n) is 6.64. The average molecular weight is 342 g/mol. The van der Waals surface area contributed by atoms with E-state index < -0.39 is 0 Å². The van der Waals surface area contributed by atoms with Gasteiger partial charge in [-0.1, -0.05) is 12.1 Å². The third-order valence-electron chi connectivity index (χ3n) is 4.85. The Hall–Kier alpha value is -2.27. The zero-order chi connectivity index (χ0) is 18.0. The average Bonchev–Trinajstić information content (AvgIpc) is 2.88. The first-order valence-electron chi connectivity index (χ1n) is 8.71. The minimum absolute atomic E-state index is 0.00380. The van der Waals surface area contributed by atoms with Crippen LogP contribution in [-0.4, -0.2) is 44.2 Å². The van der Waals surface area contributed by atoms with Gasteiger partial charge in [-0.15, -0.1) is 0 Å². The van der Waals surface area contributed by atoms with Gasteiger partial charge in [-0.25, -0.2) is 0 Å². The Morgan fingerprint density at radius 1 is 1.08 bits per heavy atom. The molecule has 2 heterocycles. The molecular weight excluding hydrogens is 316 g/mol.